The third-order valence-electron chi connectivity index (χ3n) is 5.73. The highest BCUT2D eigenvalue weighted by Gasteiger charge is 2.37. The number of aryl methyl sites for hydroxylation is 1. The third-order valence-corrected chi connectivity index (χ3v) is 8.05. The zero-order valence-corrected chi connectivity index (χ0v) is 19.5. The molecule has 0 bridgehead atoms. The molecule has 8 heteroatoms. The van der Waals surface area contributed by atoms with Gasteiger partial charge in [-0.05, 0) is 70.2 Å². The van der Waals surface area contributed by atoms with Crippen molar-refractivity contribution in [1.82, 2.24) is 14.9 Å². The van der Waals surface area contributed by atoms with Gasteiger partial charge in [0.05, 0.1) is 34.7 Å². The van der Waals surface area contributed by atoms with Crippen LogP contribution < -0.4 is 4.74 Å². The average Bonchev–Trinajstić information content (AvgIpc) is 3.29. The Bertz CT molecular complexity index is 1160. The number of hydrogen-bond acceptors (Lipinski definition) is 8. The predicted molar refractivity (Wildman–Crippen MR) is 124 cm³/mol. The number of methoxy groups -OCH3 is 1. The minimum absolute atomic E-state index is 0.0505. The standard InChI is InChI=1S/C23H24N4O2S2/c1-15-25-18-5-4-16(29-3)12-17(18)22(26-15)30-13-19(28)20-6-7-21(31-20)23(14-24)8-10-27(2)11-9-23/h4-7,12H,8-11,13H2,1-3H3. The van der Waals surface area contributed by atoms with Gasteiger partial charge < -0.3 is 9.64 Å². The SMILES string of the molecule is COc1ccc2nc(C)nc(SCC(=O)c3ccc(C4(C#N)CCN(C)CC4)s3)c2c1. The van der Waals surface area contributed by atoms with Crippen molar-refractivity contribution in [3.63, 3.8) is 0 Å². The van der Waals surface area contributed by atoms with E-state index in [1.54, 1.807) is 7.11 Å². The number of ketones is 1. The lowest BCUT2D eigenvalue weighted by atomic mass is 9.78. The summed E-state index contributed by atoms with van der Waals surface area (Å²) in [4.78, 5) is 25.9. The number of ether oxygens (including phenoxy) is 1. The number of thiophene rings is 1. The second-order valence-electron chi connectivity index (χ2n) is 7.83. The minimum atomic E-state index is -0.473. The first-order valence-electron chi connectivity index (χ1n) is 10.1. The zero-order chi connectivity index (χ0) is 22.0. The normalized spacial score (nSPS) is 16.2. The van der Waals surface area contributed by atoms with Crippen molar-refractivity contribution in [2.75, 3.05) is 33.0 Å². The van der Waals surface area contributed by atoms with Crippen LogP contribution in [0.2, 0.25) is 0 Å². The van der Waals surface area contributed by atoms with Crippen molar-refractivity contribution in [3.05, 3.63) is 45.9 Å². The molecule has 0 radical (unpaired) electrons. The van der Waals surface area contributed by atoms with Crippen molar-refractivity contribution >= 4 is 39.8 Å². The summed E-state index contributed by atoms with van der Waals surface area (Å²) in [5, 5.41) is 11.5. The molecule has 6 nitrogen and oxygen atoms in total. The zero-order valence-electron chi connectivity index (χ0n) is 17.8. The maximum absolute atomic E-state index is 12.9. The Kier molecular flexibility index (Phi) is 6.28. The van der Waals surface area contributed by atoms with Gasteiger partial charge in [-0.3, -0.25) is 4.79 Å². The fourth-order valence-electron chi connectivity index (χ4n) is 3.79. The van der Waals surface area contributed by atoms with E-state index in [9.17, 15) is 10.1 Å². The Morgan fingerprint density at radius 3 is 2.77 bits per heavy atom. The third kappa shape index (κ3) is 4.45. The lowest BCUT2D eigenvalue weighted by molar-refractivity contribution is 0.102. The Hall–Kier alpha value is -2.47. The molecule has 31 heavy (non-hydrogen) atoms. The minimum Gasteiger partial charge on any atom is -0.497 e. The molecule has 0 atom stereocenters. The van der Waals surface area contributed by atoms with E-state index in [0.717, 1.165) is 52.5 Å². The Labute approximate surface area is 190 Å². The number of Topliss-reactive ketones (excluding diaryl/α,β-unsaturated/α-hetero) is 1. The van der Waals surface area contributed by atoms with Crippen LogP contribution in [0, 0.1) is 18.3 Å². The smallest absolute Gasteiger partial charge is 0.183 e. The number of hydrogen-bond donors (Lipinski definition) is 0. The van der Waals surface area contributed by atoms with Gasteiger partial charge in [0, 0.05) is 10.3 Å². The van der Waals surface area contributed by atoms with Crippen LogP contribution in [0.4, 0.5) is 0 Å². The molecule has 3 aromatic rings. The maximum Gasteiger partial charge on any atom is 0.183 e. The highest BCUT2D eigenvalue weighted by atomic mass is 32.2. The van der Waals surface area contributed by atoms with Gasteiger partial charge in [-0.2, -0.15) is 5.26 Å². The first-order chi connectivity index (χ1) is 14.9. The summed E-state index contributed by atoms with van der Waals surface area (Å²) in [6.07, 6.45) is 1.61. The van der Waals surface area contributed by atoms with Crippen molar-refractivity contribution in [1.29, 1.82) is 5.26 Å². The molecule has 0 spiro atoms. The molecule has 0 N–H and O–H groups in total. The van der Waals surface area contributed by atoms with Gasteiger partial charge in [-0.25, -0.2) is 9.97 Å². The van der Waals surface area contributed by atoms with E-state index in [0.29, 0.717) is 10.7 Å². The molecule has 0 unspecified atom stereocenters. The van der Waals surface area contributed by atoms with Crippen LogP contribution in [-0.4, -0.2) is 53.7 Å². The summed E-state index contributed by atoms with van der Waals surface area (Å²) in [6, 6.07) is 12.1. The van der Waals surface area contributed by atoms with Crippen molar-refractivity contribution in [3.8, 4) is 11.8 Å². The van der Waals surface area contributed by atoms with Gasteiger partial charge in [0.25, 0.3) is 0 Å². The van der Waals surface area contributed by atoms with E-state index in [4.69, 9.17) is 4.74 Å². The van der Waals surface area contributed by atoms with E-state index >= 15 is 0 Å². The van der Waals surface area contributed by atoms with Gasteiger partial charge in [0.15, 0.2) is 5.78 Å². The van der Waals surface area contributed by atoms with Crippen LogP contribution in [0.25, 0.3) is 10.9 Å². The summed E-state index contributed by atoms with van der Waals surface area (Å²) in [5.41, 5.74) is 0.360. The molecule has 2 aromatic heterocycles. The molecule has 1 aromatic carbocycles. The van der Waals surface area contributed by atoms with Crippen LogP contribution in [0.1, 0.15) is 33.2 Å². The van der Waals surface area contributed by atoms with Gasteiger partial charge in [0.2, 0.25) is 0 Å². The fraction of sp³-hybridized carbons (Fsp3) is 0.391. The fourth-order valence-corrected chi connectivity index (χ4v) is 5.96. The molecular weight excluding hydrogens is 428 g/mol. The van der Waals surface area contributed by atoms with Gasteiger partial charge in [-0.1, -0.05) is 11.8 Å². The summed E-state index contributed by atoms with van der Waals surface area (Å²) >= 11 is 2.88. The highest BCUT2D eigenvalue weighted by molar-refractivity contribution is 8.00. The number of aromatic nitrogens is 2. The van der Waals surface area contributed by atoms with E-state index in [1.807, 2.05) is 37.3 Å². The van der Waals surface area contributed by atoms with Crippen LogP contribution in [0.5, 0.6) is 5.75 Å². The Morgan fingerprint density at radius 1 is 1.29 bits per heavy atom. The number of nitrogens with zero attached hydrogens (tertiary/aromatic N) is 4. The second kappa shape index (κ2) is 8.95. The molecule has 160 valence electrons. The number of likely N-dealkylation sites (tertiary alicyclic amines) is 1. The van der Waals surface area contributed by atoms with Crippen molar-refractivity contribution < 1.29 is 9.53 Å². The van der Waals surface area contributed by atoms with E-state index in [1.165, 1.54) is 23.1 Å². The Morgan fingerprint density at radius 2 is 2.06 bits per heavy atom. The molecular formula is C23H24N4O2S2. The topological polar surface area (TPSA) is 79.1 Å². The number of piperidine rings is 1. The molecule has 0 amide bonds. The monoisotopic (exact) mass is 452 g/mol. The van der Waals surface area contributed by atoms with E-state index in [2.05, 4.69) is 28.0 Å². The molecule has 1 aliphatic heterocycles. The number of carbonyl (C=O) groups is 1. The number of carbonyl (C=O) groups excluding carboxylic acids is 1. The molecule has 4 rings (SSSR count). The van der Waals surface area contributed by atoms with Crippen LogP contribution >= 0.6 is 23.1 Å². The van der Waals surface area contributed by atoms with Crippen LogP contribution in [0.3, 0.4) is 0 Å². The number of nitriles is 1. The van der Waals surface area contributed by atoms with Gasteiger partial charge in [-0.15, -0.1) is 11.3 Å². The molecule has 0 aliphatic carbocycles. The Balaban J connectivity index is 1.52. The lowest BCUT2D eigenvalue weighted by Gasteiger charge is -2.34. The number of fused-ring (bicyclic) bond motifs is 1. The quantitative estimate of drug-likeness (QED) is 0.310. The van der Waals surface area contributed by atoms with Crippen LogP contribution in [-0.2, 0) is 5.41 Å². The lowest BCUT2D eigenvalue weighted by Crippen LogP contribution is -2.39. The number of thioether (sulfide) groups is 1. The molecule has 1 aliphatic rings. The number of benzene rings is 1. The summed E-state index contributed by atoms with van der Waals surface area (Å²) in [7, 11) is 3.70. The highest BCUT2D eigenvalue weighted by Crippen LogP contribution is 2.39. The number of rotatable bonds is 6. The first-order valence-corrected chi connectivity index (χ1v) is 11.9. The maximum atomic E-state index is 12.9. The summed E-state index contributed by atoms with van der Waals surface area (Å²) in [6.45, 7) is 3.65. The second-order valence-corrected chi connectivity index (χ2v) is 9.88. The molecule has 3 heterocycles. The molecule has 1 fully saturated rings. The summed E-state index contributed by atoms with van der Waals surface area (Å²) in [5.74, 6) is 1.74. The first kappa shape index (κ1) is 21.8. The van der Waals surface area contributed by atoms with Gasteiger partial charge in [0.1, 0.15) is 16.6 Å². The van der Waals surface area contributed by atoms with Crippen molar-refractivity contribution in [2.24, 2.45) is 0 Å². The molecule has 0 saturated carbocycles. The van der Waals surface area contributed by atoms with Crippen molar-refractivity contribution in [2.45, 2.75) is 30.2 Å². The van der Waals surface area contributed by atoms with Gasteiger partial charge >= 0.3 is 0 Å². The van der Waals surface area contributed by atoms with E-state index < -0.39 is 5.41 Å². The van der Waals surface area contributed by atoms with Crippen LogP contribution in [0.15, 0.2) is 35.4 Å². The van der Waals surface area contributed by atoms with E-state index in [-0.39, 0.29) is 11.5 Å². The predicted octanol–water partition coefficient (Wildman–Crippen LogP) is 4.47. The largest absolute Gasteiger partial charge is 0.497 e. The molecule has 1 saturated heterocycles. The summed E-state index contributed by atoms with van der Waals surface area (Å²) < 4.78 is 5.33. The average molecular weight is 453 g/mol.